The third kappa shape index (κ3) is 11.4. The van der Waals surface area contributed by atoms with E-state index in [0.717, 1.165) is 104 Å². The number of carbonyl (C=O) groups excluding carboxylic acids is 2. The van der Waals surface area contributed by atoms with E-state index in [-0.39, 0.29) is 54.2 Å². The Balaban J connectivity index is 0.000000307. The number of ether oxygens (including phenoxy) is 2. The number of benzene rings is 2. The lowest BCUT2D eigenvalue weighted by Crippen LogP contribution is -2.37. The van der Waals surface area contributed by atoms with Gasteiger partial charge >= 0.3 is 0 Å². The molecule has 0 spiro atoms. The molecule has 264 valence electrons. The molecule has 0 saturated carbocycles. The summed E-state index contributed by atoms with van der Waals surface area (Å²) >= 11 is 0. The molecule has 2 unspecified atom stereocenters. The van der Waals surface area contributed by atoms with Gasteiger partial charge in [-0.1, -0.05) is 48.5 Å². The normalized spacial score (nSPS) is 20.2. The predicted molar refractivity (Wildman–Crippen MR) is 192 cm³/mol. The third-order valence-electron chi connectivity index (χ3n) is 9.86. The lowest BCUT2D eigenvalue weighted by molar-refractivity contribution is -0.133. The first-order valence-corrected chi connectivity index (χ1v) is 16.8. The fourth-order valence-electron chi connectivity index (χ4n) is 7.13. The molecule has 2 N–H and O–H groups in total. The zero-order chi connectivity index (χ0) is 30.7. The molecule has 0 aromatic heterocycles. The standard InChI is InChI=1S/2C18H26N2O2.2ClH.H2O/c2*1-19(17-9-8-15-5-2-3-6-16(15)17)18(21)7-4-10-20-11-13-22-14-12-20;;;/h2*2-3,5-6,17H,4,7-14H2,1H3;2*1H;1H2. The first-order chi connectivity index (χ1) is 21.5. The number of halogens is 2. The van der Waals surface area contributed by atoms with Gasteiger partial charge in [-0.25, -0.2) is 0 Å². The highest BCUT2D eigenvalue weighted by molar-refractivity contribution is 5.85. The molecule has 2 heterocycles. The molecular formula is C36H56Cl2N4O5. The van der Waals surface area contributed by atoms with E-state index in [4.69, 9.17) is 9.47 Å². The van der Waals surface area contributed by atoms with Gasteiger partial charge in [0.05, 0.1) is 38.5 Å². The molecule has 0 bridgehead atoms. The minimum atomic E-state index is 0. The van der Waals surface area contributed by atoms with Gasteiger partial charge in [-0.3, -0.25) is 19.4 Å². The summed E-state index contributed by atoms with van der Waals surface area (Å²) in [7, 11) is 3.92. The first-order valence-electron chi connectivity index (χ1n) is 16.8. The number of amides is 2. The molecule has 2 aliphatic heterocycles. The Morgan fingerprint density at radius 2 is 1.02 bits per heavy atom. The highest BCUT2D eigenvalue weighted by atomic mass is 35.5. The SMILES string of the molecule is CN(C(=O)CCCN1CCOCC1)C1CCc2ccccc21.CN(C(=O)CCCN1CCOCC1)C1CCc2ccccc21.Cl.Cl.O. The molecule has 9 nitrogen and oxygen atoms in total. The van der Waals surface area contributed by atoms with Crippen molar-refractivity contribution in [3.63, 3.8) is 0 Å². The largest absolute Gasteiger partial charge is 0.412 e. The molecule has 6 rings (SSSR count). The molecule has 2 aliphatic carbocycles. The van der Waals surface area contributed by atoms with Crippen molar-refractivity contribution in [1.29, 1.82) is 0 Å². The van der Waals surface area contributed by atoms with Crippen molar-refractivity contribution in [2.45, 2.75) is 63.5 Å². The summed E-state index contributed by atoms with van der Waals surface area (Å²) in [4.78, 5) is 33.6. The second-order valence-electron chi connectivity index (χ2n) is 12.6. The molecule has 4 aliphatic rings. The van der Waals surface area contributed by atoms with Crippen molar-refractivity contribution in [2.24, 2.45) is 0 Å². The van der Waals surface area contributed by atoms with Crippen LogP contribution in [0.3, 0.4) is 0 Å². The van der Waals surface area contributed by atoms with Gasteiger partial charge in [0.1, 0.15) is 0 Å². The van der Waals surface area contributed by atoms with Crippen LogP contribution in [-0.2, 0) is 31.9 Å². The van der Waals surface area contributed by atoms with Crippen LogP contribution in [0.15, 0.2) is 48.5 Å². The van der Waals surface area contributed by atoms with E-state index >= 15 is 0 Å². The van der Waals surface area contributed by atoms with Gasteiger partial charge in [0.2, 0.25) is 11.8 Å². The Morgan fingerprint density at radius 3 is 1.40 bits per heavy atom. The maximum atomic E-state index is 12.5. The van der Waals surface area contributed by atoms with Gasteiger partial charge < -0.3 is 24.7 Å². The van der Waals surface area contributed by atoms with E-state index < -0.39 is 0 Å². The molecule has 0 radical (unpaired) electrons. The van der Waals surface area contributed by atoms with Gasteiger partial charge in [-0.15, -0.1) is 24.8 Å². The smallest absolute Gasteiger partial charge is 0.222 e. The van der Waals surface area contributed by atoms with Crippen LogP contribution < -0.4 is 0 Å². The summed E-state index contributed by atoms with van der Waals surface area (Å²) in [6.07, 6.45) is 7.47. The zero-order valence-corrected chi connectivity index (χ0v) is 29.9. The predicted octanol–water partition coefficient (Wildman–Crippen LogP) is 4.51. The number of nitrogens with zero attached hydrogens (tertiary/aromatic N) is 4. The topological polar surface area (TPSA) is 97.1 Å². The van der Waals surface area contributed by atoms with Gasteiger partial charge in [0.15, 0.2) is 0 Å². The lowest BCUT2D eigenvalue weighted by atomic mass is 10.1. The molecule has 2 atom stereocenters. The van der Waals surface area contributed by atoms with E-state index in [1.54, 1.807) is 0 Å². The fourth-order valence-corrected chi connectivity index (χ4v) is 7.13. The minimum absolute atomic E-state index is 0. The highest BCUT2D eigenvalue weighted by Crippen LogP contribution is 2.36. The minimum Gasteiger partial charge on any atom is -0.412 e. The summed E-state index contributed by atoms with van der Waals surface area (Å²) in [6, 6.07) is 17.6. The lowest BCUT2D eigenvalue weighted by Gasteiger charge is -2.28. The monoisotopic (exact) mass is 694 g/mol. The third-order valence-corrected chi connectivity index (χ3v) is 9.86. The molecular weight excluding hydrogens is 639 g/mol. The van der Waals surface area contributed by atoms with Crippen LogP contribution in [0.25, 0.3) is 0 Å². The van der Waals surface area contributed by atoms with Gasteiger partial charge in [-0.2, -0.15) is 0 Å². The van der Waals surface area contributed by atoms with E-state index in [1.807, 2.05) is 23.9 Å². The molecule has 2 aromatic rings. The van der Waals surface area contributed by atoms with Crippen LogP contribution in [0.5, 0.6) is 0 Å². The second kappa shape index (κ2) is 21.0. The Labute approximate surface area is 294 Å². The Bertz CT molecular complexity index is 1130. The summed E-state index contributed by atoms with van der Waals surface area (Å²) in [5, 5.41) is 0. The Morgan fingerprint density at radius 1 is 0.660 bits per heavy atom. The van der Waals surface area contributed by atoms with E-state index in [0.29, 0.717) is 12.8 Å². The van der Waals surface area contributed by atoms with Crippen LogP contribution in [0.1, 0.15) is 72.9 Å². The van der Waals surface area contributed by atoms with Crippen LogP contribution in [0.2, 0.25) is 0 Å². The quantitative estimate of drug-likeness (QED) is 0.363. The van der Waals surface area contributed by atoms with E-state index in [9.17, 15) is 9.59 Å². The number of hydrogen-bond acceptors (Lipinski definition) is 6. The molecule has 11 heteroatoms. The van der Waals surface area contributed by atoms with Crippen molar-refractivity contribution in [1.82, 2.24) is 19.6 Å². The molecule has 47 heavy (non-hydrogen) atoms. The summed E-state index contributed by atoms with van der Waals surface area (Å²) < 4.78 is 10.7. The van der Waals surface area contributed by atoms with Gasteiger partial charge in [0, 0.05) is 53.1 Å². The highest BCUT2D eigenvalue weighted by Gasteiger charge is 2.29. The second-order valence-corrected chi connectivity index (χ2v) is 12.6. The van der Waals surface area contributed by atoms with Gasteiger partial charge in [0.25, 0.3) is 0 Å². The number of morpholine rings is 2. The van der Waals surface area contributed by atoms with Gasteiger partial charge in [-0.05, 0) is 73.9 Å². The maximum Gasteiger partial charge on any atom is 0.222 e. The maximum absolute atomic E-state index is 12.5. The van der Waals surface area contributed by atoms with Crippen LogP contribution >= 0.6 is 24.8 Å². The Hall–Kier alpha value is -2.24. The van der Waals surface area contributed by atoms with Crippen molar-refractivity contribution in [3.8, 4) is 0 Å². The number of aryl methyl sites for hydroxylation is 2. The van der Waals surface area contributed by atoms with Crippen molar-refractivity contribution in [3.05, 3.63) is 70.8 Å². The average Bonchev–Trinajstić information content (AvgIpc) is 3.70. The van der Waals surface area contributed by atoms with Crippen LogP contribution in [0, 0.1) is 0 Å². The number of carbonyl (C=O) groups is 2. The van der Waals surface area contributed by atoms with Crippen LogP contribution in [0.4, 0.5) is 0 Å². The van der Waals surface area contributed by atoms with Crippen molar-refractivity contribution < 1.29 is 24.5 Å². The van der Waals surface area contributed by atoms with Crippen molar-refractivity contribution in [2.75, 3.05) is 79.8 Å². The fraction of sp³-hybridized carbons (Fsp3) is 0.611. The average molecular weight is 696 g/mol. The summed E-state index contributed by atoms with van der Waals surface area (Å²) in [5.41, 5.74) is 5.49. The number of fused-ring (bicyclic) bond motifs is 2. The van der Waals surface area contributed by atoms with E-state index in [2.05, 4.69) is 58.3 Å². The van der Waals surface area contributed by atoms with E-state index in [1.165, 1.54) is 22.3 Å². The Kier molecular flexibility index (Phi) is 18.3. The number of rotatable bonds is 10. The molecule has 2 aromatic carbocycles. The first kappa shape index (κ1) is 40.9. The summed E-state index contributed by atoms with van der Waals surface area (Å²) in [6.45, 7) is 9.31. The zero-order valence-electron chi connectivity index (χ0n) is 28.2. The molecule has 2 fully saturated rings. The molecule has 2 saturated heterocycles. The van der Waals surface area contributed by atoms with Crippen LogP contribution in [-0.4, -0.2) is 117 Å². The molecule has 2 amide bonds. The summed E-state index contributed by atoms with van der Waals surface area (Å²) in [5.74, 6) is 0.546. The van der Waals surface area contributed by atoms with Crippen molar-refractivity contribution >= 4 is 36.6 Å². The number of hydrogen-bond donors (Lipinski definition) is 0.